The van der Waals surface area contributed by atoms with Gasteiger partial charge in [0, 0.05) is 43.3 Å². The zero-order chi connectivity index (χ0) is 19.8. The zero-order valence-electron chi connectivity index (χ0n) is 15.6. The third-order valence-corrected chi connectivity index (χ3v) is 5.55. The van der Waals surface area contributed by atoms with E-state index in [1.807, 2.05) is 49.5 Å². The van der Waals surface area contributed by atoms with Crippen LogP contribution in [0.4, 0.5) is 0 Å². The average Bonchev–Trinajstić information content (AvgIpc) is 3.15. The van der Waals surface area contributed by atoms with Crippen LogP contribution >= 0.6 is 12.2 Å². The van der Waals surface area contributed by atoms with Crippen LogP contribution in [0, 0.1) is 11.3 Å². The van der Waals surface area contributed by atoms with Gasteiger partial charge in [-0.25, -0.2) is 0 Å². The minimum Gasteiger partial charge on any atom is -0.342 e. The molecule has 0 N–H and O–H groups in total. The molecule has 6 heteroatoms. The summed E-state index contributed by atoms with van der Waals surface area (Å²) in [5.41, 5.74) is 4.37. The summed E-state index contributed by atoms with van der Waals surface area (Å²) in [4.78, 5) is 15.7. The molecule has 1 fully saturated rings. The average molecular weight is 386 g/mol. The summed E-state index contributed by atoms with van der Waals surface area (Å²) < 4.78 is 2.16. The smallest absolute Gasteiger partial charge is 0.276 e. The van der Waals surface area contributed by atoms with E-state index in [1.165, 1.54) is 4.90 Å². The predicted octanol–water partition coefficient (Wildman–Crippen LogP) is 3.59. The predicted molar refractivity (Wildman–Crippen MR) is 113 cm³/mol. The molecule has 5 nitrogen and oxygen atoms in total. The standard InChI is InChI=1S/C22H18N4OS/c1-24-20(21(27)25(2)22(24)28)11-17-14-26(19-6-4-3-5-18(17)19)13-16-9-7-15(12-23)8-10-16/h3-11,14H,13H2,1-2H3/b20-11+. The summed E-state index contributed by atoms with van der Waals surface area (Å²) >= 11 is 5.31. The summed E-state index contributed by atoms with van der Waals surface area (Å²) in [7, 11) is 3.50. The molecule has 0 spiro atoms. The van der Waals surface area contributed by atoms with Crippen molar-refractivity contribution in [3.05, 3.63) is 77.1 Å². The van der Waals surface area contributed by atoms with Crippen LogP contribution in [0.1, 0.15) is 16.7 Å². The second-order valence-corrected chi connectivity index (χ2v) is 7.14. The summed E-state index contributed by atoms with van der Waals surface area (Å²) in [5, 5.41) is 10.5. The Kier molecular flexibility index (Phi) is 4.46. The van der Waals surface area contributed by atoms with Gasteiger partial charge in [-0.05, 0) is 42.1 Å². The fourth-order valence-electron chi connectivity index (χ4n) is 3.44. The van der Waals surface area contributed by atoms with Gasteiger partial charge < -0.3 is 9.47 Å². The second-order valence-electron chi connectivity index (χ2n) is 6.77. The molecule has 3 aromatic rings. The van der Waals surface area contributed by atoms with Crippen LogP contribution in [0.5, 0.6) is 0 Å². The van der Waals surface area contributed by atoms with Crippen molar-refractivity contribution >= 4 is 40.2 Å². The van der Waals surface area contributed by atoms with Crippen LogP contribution in [0.3, 0.4) is 0 Å². The number of rotatable bonds is 3. The lowest BCUT2D eigenvalue weighted by molar-refractivity contribution is -0.121. The summed E-state index contributed by atoms with van der Waals surface area (Å²) in [5.74, 6) is -0.101. The van der Waals surface area contributed by atoms with E-state index in [1.54, 1.807) is 11.9 Å². The number of para-hydroxylation sites is 1. The maximum atomic E-state index is 12.5. The summed E-state index contributed by atoms with van der Waals surface area (Å²) in [6.07, 6.45) is 3.95. The molecular weight excluding hydrogens is 368 g/mol. The van der Waals surface area contributed by atoms with E-state index in [0.717, 1.165) is 22.0 Å². The van der Waals surface area contributed by atoms with E-state index >= 15 is 0 Å². The highest BCUT2D eigenvalue weighted by Crippen LogP contribution is 2.27. The molecule has 0 saturated carbocycles. The van der Waals surface area contributed by atoms with Gasteiger partial charge in [-0.2, -0.15) is 5.26 Å². The number of hydrogen-bond acceptors (Lipinski definition) is 3. The third kappa shape index (κ3) is 2.96. The zero-order valence-corrected chi connectivity index (χ0v) is 16.4. The maximum Gasteiger partial charge on any atom is 0.276 e. The number of fused-ring (bicyclic) bond motifs is 1. The Hall–Kier alpha value is -3.43. The highest BCUT2D eigenvalue weighted by Gasteiger charge is 2.32. The molecule has 0 unspecified atom stereocenters. The van der Waals surface area contributed by atoms with E-state index in [4.69, 9.17) is 17.5 Å². The Morgan fingerprint density at radius 1 is 1.07 bits per heavy atom. The Bertz CT molecular complexity index is 1170. The molecule has 1 aliphatic heterocycles. The lowest BCUT2D eigenvalue weighted by atomic mass is 10.1. The van der Waals surface area contributed by atoms with Gasteiger partial charge in [0.1, 0.15) is 5.70 Å². The number of hydrogen-bond donors (Lipinski definition) is 0. The first-order valence-electron chi connectivity index (χ1n) is 8.84. The van der Waals surface area contributed by atoms with Crippen molar-refractivity contribution in [2.45, 2.75) is 6.54 Å². The second kappa shape index (κ2) is 6.95. The lowest BCUT2D eigenvalue weighted by Crippen LogP contribution is -2.26. The van der Waals surface area contributed by atoms with Crippen molar-refractivity contribution in [1.82, 2.24) is 14.4 Å². The Morgan fingerprint density at radius 3 is 2.43 bits per heavy atom. The molecule has 1 saturated heterocycles. The normalized spacial score (nSPS) is 15.7. The number of benzene rings is 2. The highest BCUT2D eigenvalue weighted by molar-refractivity contribution is 7.80. The molecule has 0 radical (unpaired) electrons. The van der Waals surface area contributed by atoms with E-state index in [2.05, 4.69) is 29.0 Å². The molecule has 138 valence electrons. The number of nitriles is 1. The first-order chi connectivity index (χ1) is 13.5. The van der Waals surface area contributed by atoms with Crippen LogP contribution in [-0.2, 0) is 11.3 Å². The Balaban J connectivity index is 1.77. The van der Waals surface area contributed by atoms with Gasteiger partial charge in [-0.1, -0.05) is 30.3 Å². The first-order valence-corrected chi connectivity index (χ1v) is 9.25. The van der Waals surface area contributed by atoms with Gasteiger partial charge in [0.05, 0.1) is 11.6 Å². The number of thiocarbonyl (C=S) groups is 1. The monoisotopic (exact) mass is 386 g/mol. The Labute approximate surface area is 168 Å². The summed E-state index contributed by atoms with van der Waals surface area (Å²) in [6, 6.07) is 17.8. The van der Waals surface area contributed by atoms with Crippen LogP contribution in [-0.4, -0.2) is 39.5 Å². The van der Waals surface area contributed by atoms with Crippen LogP contribution < -0.4 is 0 Å². The van der Waals surface area contributed by atoms with Gasteiger partial charge in [-0.15, -0.1) is 0 Å². The molecule has 1 amide bonds. The SMILES string of the molecule is CN1C(=O)/C(=C\c2cn(Cc3ccc(C#N)cc3)c3ccccc23)N(C)C1=S. The fraction of sp³-hybridized carbons (Fsp3) is 0.136. The van der Waals surface area contributed by atoms with Gasteiger partial charge >= 0.3 is 0 Å². The molecule has 4 rings (SSSR count). The van der Waals surface area contributed by atoms with Crippen molar-refractivity contribution in [2.75, 3.05) is 14.1 Å². The van der Waals surface area contributed by atoms with Gasteiger partial charge in [0.2, 0.25) is 0 Å². The first kappa shape index (κ1) is 18.0. The molecule has 1 aliphatic rings. The topological polar surface area (TPSA) is 52.3 Å². The minimum absolute atomic E-state index is 0.101. The van der Waals surface area contributed by atoms with E-state index < -0.39 is 0 Å². The fourth-order valence-corrected chi connectivity index (χ4v) is 3.62. The number of amides is 1. The third-order valence-electron chi connectivity index (χ3n) is 5.01. The van der Waals surface area contributed by atoms with Crippen molar-refractivity contribution in [3.8, 4) is 6.07 Å². The molecule has 0 bridgehead atoms. The van der Waals surface area contributed by atoms with E-state index in [9.17, 15) is 4.79 Å². The quantitative estimate of drug-likeness (QED) is 0.510. The molecule has 1 aromatic heterocycles. The van der Waals surface area contributed by atoms with Crippen molar-refractivity contribution in [2.24, 2.45) is 0 Å². The van der Waals surface area contributed by atoms with Crippen molar-refractivity contribution in [3.63, 3.8) is 0 Å². The molecule has 28 heavy (non-hydrogen) atoms. The molecule has 2 heterocycles. The van der Waals surface area contributed by atoms with Gasteiger partial charge in [0.25, 0.3) is 5.91 Å². The van der Waals surface area contributed by atoms with Gasteiger partial charge in [0.15, 0.2) is 5.11 Å². The minimum atomic E-state index is -0.101. The highest BCUT2D eigenvalue weighted by atomic mass is 32.1. The van der Waals surface area contributed by atoms with E-state index in [-0.39, 0.29) is 5.91 Å². The number of likely N-dealkylation sites (N-methyl/N-ethyl adjacent to an activating group) is 2. The number of nitrogens with zero attached hydrogens (tertiary/aromatic N) is 4. The van der Waals surface area contributed by atoms with Crippen LogP contribution in [0.2, 0.25) is 0 Å². The maximum absolute atomic E-state index is 12.5. The molecule has 0 aliphatic carbocycles. The van der Waals surface area contributed by atoms with Crippen LogP contribution in [0.15, 0.2) is 60.4 Å². The molecular formula is C22H18N4OS. The van der Waals surface area contributed by atoms with Crippen molar-refractivity contribution in [1.29, 1.82) is 5.26 Å². The summed E-state index contributed by atoms with van der Waals surface area (Å²) in [6.45, 7) is 0.678. The molecule has 2 aromatic carbocycles. The lowest BCUT2D eigenvalue weighted by Gasteiger charge is -2.10. The van der Waals surface area contributed by atoms with E-state index in [0.29, 0.717) is 22.9 Å². The van der Waals surface area contributed by atoms with Crippen molar-refractivity contribution < 1.29 is 4.79 Å². The number of carbonyl (C=O) groups excluding carboxylic acids is 1. The Morgan fingerprint density at radius 2 is 1.79 bits per heavy atom. The number of aromatic nitrogens is 1. The number of carbonyl (C=O) groups is 1. The van der Waals surface area contributed by atoms with Crippen LogP contribution in [0.25, 0.3) is 17.0 Å². The largest absolute Gasteiger partial charge is 0.342 e. The van der Waals surface area contributed by atoms with Gasteiger partial charge in [-0.3, -0.25) is 9.69 Å². The molecule has 0 atom stereocenters.